The molecule has 0 spiro atoms. The molecule has 2 N–H and O–H groups in total. The number of non-ortho nitro benzene ring substituents is 1. The summed E-state index contributed by atoms with van der Waals surface area (Å²) in [5.41, 5.74) is -0.0797. The van der Waals surface area contributed by atoms with Crippen molar-refractivity contribution < 1.29 is 34.1 Å². The van der Waals surface area contributed by atoms with Crippen LogP contribution in [0.5, 0.6) is 5.75 Å². The fraction of sp³-hybridized carbons (Fsp3) is 0.600. The standard InChI is InChI=1S/C15H19NO8/c1-15(2)21-7-10-13(24-15)11(17)12(18)14(23-10)22-9-5-3-8(4-6-9)16(19)20/h3-6,10-14,17-18H,7H2,1-2H3/t10-,11-,12+,13+,14+/m1/s1. The Morgan fingerprint density at radius 2 is 1.92 bits per heavy atom. The molecule has 1 aromatic carbocycles. The fourth-order valence-corrected chi connectivity index (χ4v) is 2.71. The second-order valence-corrected chi connectivity index (χ2v) is 6.19. The number of hydrogen-bond acceptors (Lipinski definition) is 8. The molecule has 3 rings (SSSR count). The monoisotopic (exact) mass is 341 g/mol. The molecule has 2 saturated heterocycles. The van der Waals surface area contributed by atoms with E-state index in [1.807, 2.05) is 0 Å². The van der Waals surface area contributed by atoms with Gasteiger partial charge in [0.1, 0.15) is 30.2 Å². The maximum absolute atomic E-state index is 10.6. The molecule has 0 bridgehead atoms. The Balaban J connectivity index is 1.70. The number of hydrogen-bond donors (Lipinski definition) is 2. The van der Waals surface area contributed by atoms with Crippen LogP contribution in [0.1, 0.15) is 13.8 Å². The number of nitrogens with zero attached hydrogens (tertiary/aromatic N) is 1. The minimum atomic E-state index is -1.34. The Bertz CT molecular complexity index is 602. The van der Waals surface area contributed by atoms with E-state index in [9.17, 15) is 20.3 Å². The lowest BCUT2D eigenvalue weighted by atomic mass is 9.97. The maximum Gasteiger partial charge on any atom is 0.269 e. The van der Waals surface area contributed by atoms with Gasteiger partial charge in [0.05, 0.1) is 11.5 Å². The van der Waals surface area contributed by atoms with E-state index >= 15 is 0 Å². The molecule has 1 aromatic rings. The van der Waals surface area contributed by atoms with E-state index in [4.69, 9.17) is 18.9 Å². The normalized spacial score (nSPS) is 35.1. The molecular weight excluding hydrogens is 322 g/mol. The first kappa shape index (κ1) is 17.1. The van der Waals surface area contributed by atoms with Gasteiger partial charge in [0, 0.05) is 12.1 Å². The van der Waals surface area contributed by atoms with Gasteiger partial charge in [-0.15, -0.1) is 0 Å². The first-order valence-corrected chi connectivity index (χ1v) is 7.51. The third-order valence-electron chi connectivity index (χ3n) is 3.96. The molecule has 132 valence electrons. The molecule has 0 aliphatic carbocycles. The van der Waals surface area contributed by atoms with Crippen LogP contribution in [-0.4, -0.2) is 58.2 Å². The first-order chi connectivity index (χ1) is 11.3. The van der Waals surface area contributed by atoms with Crippen LogP contribution in [0.25, 0.3) is 0 Å². The van der Waals surface area contributed by atoms with Gasteiger partial charge in [-0.05, 0) is 26.0 Å². The molecule has 2 aliphatic heterocycles. The molecule has 9 nitrogen and oxygen atoms in total. The van der Waals surface area contributed by atoms with Crippen LogP contribution in [0.15, 0.2) is 24.3 Å². The molecule has 2 aliphatic rings. The van der Waals surface area contributed by atoms with Gasteiger partial charge in [-0.3, -0.25) is 10.1 Å². The summed E-state index contributed by atoms with van der Waals surface area (Å²) < 4.78 is 22.2. The summed E-state index contributed by atoms with van der Waals surface area (Å²) in [5, 5.41) is 31.2. The molecule has 0 aromatic heterocycles. The van der Waals surface area contributed by atoms with E-state index < -0.39 is 41.4 Å². The number of nitro benzene ring substituents is 1. The average Bonchev–Trinajstić information content (AvgIpc) is 2.53. The lowest BCUT2D eigenvalue weighted by molar-refractivity contribution is -0.385. The second-order valence-electron chi connectivity index (χ2n) is 6.19. The van der Waals surface area contributed by atoms with Crippen LogP contribution in [-0.2, 0) is 14.2 Å². The van der Waals surface area contributed by atoms with Crippen molar-refractivity contribution in [2.75, 3.05) is 6.61 Å². The van der Waals surface area contributed by atoms with E-state index in [1.165, 1.54) is 24.3 Å². The molecule has 5 atom stereocenters. The minimum absolute atomic E-state index is 0.0797. The lowest BCUT2D eigenvalue weighted by Gasteiger charge is -2.48. The number of fused-ring (bicyclic) bond motifs is 1. The molecule has 2 heterocycles. The number of rotatable bonds is 3. The molecule has 9 heteroatoms. The molecule has 2 fully saturated rings. The molecule has 0 amide bonds. The van der Waals surface area contributed by atoms with E-state index in [-0.39, 0.29) is 18.0 Å². The average molecular weight is 341 g/mol. The van der Waals surface area contributed by atoms with Crippen LogP contribution in [0, 0.1) is 10.1 Å². The number of ether oxygens (including phenoxy) is 4. The van der Waals surface area contributed by atoms with Gasteiger partial charge in [0.25, 0.3) is 5.69 Å². The summed E-state index contributed by atoms with van der Waals surface area (Å²) >= 11 is 0. The van der Waals surface area contributed by atoms with Crippen molar-refractivity contribution in [3.63, 3.8) is 0 Å². The largest absolute Gasteiger partial charge is 0.462 e. The minimum Gasteiger partial charge on any atom is -0.462 e. The lowest BCUT2D eigenvalue weighted by Crippen LogP contribution is -2.65. The van der Waals surface area contributed by atoms with Crippen molar-refractivity contribution in [1.29, 1.82) is 0 Å². The molecular formula is C15H19NO8. The maximum atomic E-state index is 10.6. The van der Waals surface area contributed by atoms with Gasteiger partial charge in [0.15, 0.2) is 5.79 Å². The number of aliphatic hydroxyl groups is 2. The number of benzene rings is 1. The molecule has 24 heavy (non-hydrogen) atoms. The highest BCUT2D eigenvalue weighted by Crippen LogP contribution is 2.33. The highest BCUT2D eigenvalue weighted by molar-refractivity contribution is 5.36. The summed E-state index contributed by atoms with van der Waals surface area (Å²) in [6, 6.07) is 5.34. The molecule has 0 saturated carbocycles. The number of nitro groups is 1. The van der Waals surface area contributed by atoms with E-state index in [1.54, 1.807) is 13.8 Å². The van der Waals surface area contributed by atoms with Crippen molar-refractivity contribution in [2.24, 2.45) is 0 Å². The highest BCUT2D eigenvalue weighted by atomic mass is 16.8. The van der Waals surface area contributed by atoms with Gasteiger partial charge in [-0.25, -0.2) is 0 Å². The SMILES string of the molecule is CC1(C)OC[C@H]2O[C@H](Oc3ccc([N+](=O)[O-])cc3)[C@@H](O)[C@@H](O)[C@H]2O1. The van der Waals surface area contributed by atoms with Crippen LogP contribution in [0.3, 0.4) is 0 Å². The molecule has 0 unspecified atom stereocenters. The Kier molecular flexibility index (Phi) is 4.45. The fourth-order valence-electron chi connectivity index (χ4n) is 2.71. The highest BCUT2D eigenvalue weighted by Gasteiger charge is 2.51. The Morgan fingerprint density at radius 1 is 1.25 bits per heavy atom. The third-order valence-corrected chi connectivity index (χ3v) is 3.96. The quantitative estimate of drug-likeness (QED) is 0.605. The molecule has 0 radical (unpaired) electrons. The Morgan fingerprint density at radius 3 is 2.54 bits per heavy atom. The van der Waals surface area contributed by atoms with Crippen LogP contribution in [0.4, 0.5) is 5.69 Å². The summed E-state index contributed by atoms with van der Waals surface area (Å²) in [7, 11) is 0. The summed E-state index contributed by atoms with van der Waals surface area (Å²) in [6.07, 6.45) is -5.03. The zero-order valence-corrected chi connectivity index (χ0v) is 13.2. The van der Waals surface area contributed by atoms with Crippen molar-refractivity contribution in [2.45, 2.75) is 50.3 Å². The zero-order chi connectivity index (χ0) is 17.5. The van der Waals surface area contributed by atoms with E-state index in [0.717, 1.165) is 0 Å². The van der Waals surface area contributed by atoms with Crippen LogP contribution < -0.4 is 4.74 Å². The van der Waals surface area contributed by atoms with E-state index in [2.05, 4.69) is 0 Å². The smallest absolute Gasteiger partial charge is 0.269 e. The van der Waals surface area contributed by atoms with Gasteiger partial charge in [-0.1, -0.05) is 0 Å². The van der Waals surface area contributed by atoms with Crippen molar-refractivity contribution in [1.82, 2.24) is 0 Å². The predicted octanol–water partition coefficient (Wildman–Crippen LogP) is 0.572. The number of aliphatic hydroxyl groups excluding tert-OH is 2. The topological polar surface area (TPSA) is 121 Å². The van der Waals surface area contributed by atoms with Gasteiger partial charge >= 0.3 is 0 Å². The second kappa shape index (κ2) is 6.26. The Hall–Kier alpha value is -1.78. The van der Waals surface area contributed by atoms with Crippen molar-refractivity contribution >= 4 is 5.69 Å². The summed E-state index contributed by atoms with van der Waals surface area (Å²) in [6.45, 7) is 3.60. The zero-order valence-electron chi connectivity index (χ0n) is 13.2. The Labute approximate surface area is 137 Å². The van der Waals surface area contributed by atoms with Crippen molar-refractivity contribution in [3.05, 3.63) is 34.4 Å². The first-order valence-electron chi connectivity index (χ1n) is 7.51. The van der Waals surface area contributed by atoms with E-state index in [0.29, 0.717) is 0 Å². The van der Waals surface area contributed by atoms with Crippen LogP contribution >= 0.6 is 0 Å². The third kappa shape index (κ3) is 3.35. The van der Waals surface area contributed by atoms with Gasteiger partial charge < -0.3 is 29.2 Å². The predicted molar refractivity (Wildman–Crippen MR) is 79.3 cm³/mol. The van der Waals surface area contributed by atoms with Gasteiger partial charge in [-0.2, -0.15) is 0 Å². The van der Waals surface area contributed by atoms with Gasteiger partial charge in [0.2, 0.25) is 6.29 Å². The van der Waals surface area contributed by atoms with Crippen LogP contribution in [0.2, 0.25) is 0 Å². The van der Waals surface area contributed by atoms with Crippen molar-refractivity contribution in [3.8, 4) is 5.75 Å². The summed E-state index contributed by atoms with van der Waals surface area (Å²) in [4.78, 5) is 10.1. The summed E-state index contributed by atoms with van der Waals surface area (Å²) in [5.74, 6) is -0.606.